The number of carbonyl (C=O) groups excluding carboxylic acids is 1. The van der Waals surface area contributed by atoms with Gasteiger partial charge in [0.25, 0.3) is 0 Å². The van der Waals surface area contributed by atoms with Gasteiger partial charge in [0.1, 0.15) is 5.54 Å². The zero-order valence-electron chi connectivity index (χ0n) is 11.5. The molecule has 1 aromatic rings. The van der Waals surface area contributed by atoms with Crippen LogP contribution in [-0.2, 0) is 16.0 Å². The highest BCUT2D eigenvalue weighted by atomic mass is 35.5. The Hall–Kier alpha value is -1.26. The molecule has 1 aliphatic rings. The van der Waals surface area contributed by atoms with Crippen molar-refractivity contribution in [3.8, 4) is 0 Å². The van der Waals surface area contributed by atoms with Crippen molar-refractivity contribution >= 4 is 35.1 Å². The number of halogens is 2. The van der Waals surface area contributed by atoms with Crippen molar-refractivity contribution in [2.24, 2.45) is 0 Å². The predicted molar refractivity (Wildman–Crippen MR) is 81.8 cm³/mol. The first-order chi connectivity index (χ1) is 9.93. The van der Waals surface area contributed by atoms with Crippen molar-refractivity contribution in [1.82, 2.24) is 5.32 Å². The zero-order valence-corrected chi connectivity index (χ0v) is 13.0. The molecule has 0 saturated heterocycles. The molecule has 1 aromatic carbocycles. The minimum absolute atomic E-state index is 0.0892. The number of aliphatic carboxylic acids is 1. The second kappa shape index (κ2) is 6.67. The fourth-order valence-corrected chi connectivity index (χ4v) is 3.01. The Labute approximate surface area is 133 Å². The number of rotatable bonds is 4. The summed E-state index contributed by atoms with van der Waals surface area (Å²) in [5, 5.41) is 12.9. The Balaban J connectivity index is 2.05. The van der Waals surface area contributed by atoms with Gasteiger partial charge in [0.2, 0.25) is 5.91 Å². The number of amides is 1. The first kappa shape index (κ1) is 16.1. The van der Waals surface area contributed by atoms with Gasteiger partial charge in [0.05, 0.1) is 16.5 Å². The number of nitrogens with one attached hydrogen (secondary N) is 1. The molecule has 1 aliphatic carbocycles. The van der Waals surface area contributed by atoms with Crippen LogP contribution >= 0.6 is 23.2 Å². The predicted octanol–water partition coefficient (Wildman–Crippen LogP) is 3.44. The van der Waals surface area contributed by atoms with Gasteiger partial charge in [-0.25, -0.2) is 4.79 Å². The van der Waals surface area contributed by atoms with Crippen LogP contribution < -0.4 is 5.32 Å². The van der Waals surface area contributed by atoms with Crippen molar-refractivity contribution in [3.63, 3.8) is 0 Å². The summed E-state index contributed by atoms with van der Waals surface area (Å²) in [5.74, 6) is -1.26. The third kappa shape index (κ3) is 3.89. The average molecular weight is 330 g/mol. The van der Waals surface area contributed by atoms with Crippen LogP contribution in [0, 0.1) is 0 Å². The summed E-state index contributed by atoms with van der Waals surface area (Å²) in [7, 11) is 0. The van der Waals surface area contributed by atoms with Crippen LogP contribution in [0.4, 0.5) is 0 Å². The molecule has 1 saturated carbocycles. The van der Waals surface area contributed by atoms with Gasteiger partial charge in [0.15, 0.2) is 0 Å². The number of hydrogen-bond acceptors (Lipinski definition) is 2. The van der Waals surface area contributed by atoms with Gasteiger partial charge in [0, 0.05) is 0 Å². The summed E-state index contributed by atoms with van der Waals surface area (Å²) in [6.07, 6.45) is 3.70. The van der Waals surface area contributed by atoms with Crippen LogP contribution in [0.3, 0.4) is 0 Å². The molecule has 114 valence electrons. The van der Waals surface area contributed by atoms with Gasteiger partial charge in [-0.05, 0) is 30.5 Å². The lowest BCUT2D eigenvalue weighted by molar-refractivity contribution is -0.149. The normalized spacial score (nSPS) is 17.2. The summed E-state index contributed by atoms with van der Waals surface area (Å²) in [5.41, 5.74) is -0.413. The Bertz CT molecular complexity index is 554. The molecule has 0 radical (unpaired) electrons. The second-order valence-electron chi connectivity index (χ2n) is 5.42. The minimum atomic E-state index is -1.12. The standard InChI is InChI=1S/C15H17Cl2NO3/c16-11-5-4-10(8-12(11)17)9-13(19)18-15(14(20)21)6-2-1-3-7-15/h4-5,8H,1-3,6-7,9H2,(H,18,19)(H,20,21). The topological polar surface area (TPSA) is 66.4 Å². The molecule has 1 amide bonds. The van der Waals surface area contributed by atoms with E-state index in [0.29, 0.717) is 28.5 Å². The van der Waals surface area contributed by atoms with E-state index >= 15 is 0 Å². The molecule has 0 aromatic heterocycles. The highest BCUT2D eigenvalue weighted by molar-refractivity contribution is 6.42. The van der Waals surface area contributed by atoms with Gasteiger partial charge >= 0.3 is 5.97 Å². The van der Waals surface area contributed by atoms with Gasteiger partial charge < -0.3 is 10.4 Å². The largest absolute Gasteiger partial charge is 0.480 e. The van der Waals surface area contributed by atoms with Crippen LogP contribution in [-0.4, -0.2) is 22.5 Å². The molecule has 0 aliphatic heterocycles. The molecule has 0 heterocycles. The fraction of sp³-hybridized carbons (Fsp3) is 0.467. The molecule has 4 nitrogen and oxygen atoms in total. The molecule has 0 spiro atoms. The maximum Gasteiger partial charge on any atom is 0.329 e. The van der Waals surface area contributed by atoms with Crippen LogP contribution in [0.5, 0.6) is 0 Å². The van der Waals surface area contributed by atoms with E-state index < -0.39 is 11.5 Å². The SMILES string of the molecule is O=C(Cc1ccc(Cl)c(Cl)c1)NC1(C(=O)O)CCCCC1. The van der Waals surface area contributed by atoms with E-state index in [4.69, 9.17) is 23.2 Å². The fourth-order valence-electron chi connectivity index (χ4n) is 2.69. The van der Waals surface area contributed by atoms with Gasteiger partial charge in [-0.15, -0.1) is 0 Å². The highest BCUT2D eigenvalue weighted by Gasteiger charge is 2.40. The Morgan fingerprint density at radius 3 is 2.38 bits per heavy atom. The molecular formula is C15H17Cl2NO3. The Morgan fingerprint density at radius 1 is 1.14 bits per heavy atom. The van der Waals surface area contributed by atoms with Crippen molar-refractivity contribution in [2.75, 3.05) is 0 Å². The maximum absolute atomic E-state index is 12.1. The Kier molecular flexibility index (Phi) is 5.12. The number of carbonyl (C=O) groups is 2. The van der Waals surface area contributed by atoms with E-state index in [1.165, 1.54) is 0 Å². The van der Waals surface area contributed by atoms with Gasteiger partial charge in [-0.1, -0.05) is 48.5 Å². The van der Waals surface area contributed by atoms with Crippen LogP contribution in [0.2, 0.25) is 10.0 Å². The van der Waals surface area contributed by atoms with Crippen molar-refractivity contribution in [3.05, 3.63) is 33.8 Å². The minimum Gasteiger partial charge on any atom is -0.480 e. The lowest BCUT2D eigenvalue weighted by Gasteiger charge is -2.34. The first-order valence-corrected chi connectivity index (χ1v) is 7.67. The van der Waals surface area contributed by atoms with E-state index in [1.807, 2.05) is 0 Å². The molecule has 1 fully saturated rings. The third-order valence-corrected chi connectivity index (χ3v) is 4.58. The zero-order chi connectivity index (χ0) is 15.5. The van der Waals surface area contributed by atoms with Crippen LogP contribution in [0.25, 0.3) is 0 Å². The van der Waals surface area contributed by atoms with Crippen LogP contribution in [0.15, 0.2) is 18.2 Å². The number of benzene rings is 1. The second-order valence-corrected chi connectivity index (χ2v) is 6.24. The number of carboxylic acids is 1. The molecular weight excluding hydrogens is 313 g/mol. The van der Waals surface area contributed by atoms with E-state index in [0.717, 1.165) is 19.3 Å². The van der Waals surface area contributed by atoms with E-state index in [2.05, 4.69) is 5.32 Å². The molecule has 2 N–H and O–H groups in total. The van der Waals surface area contributed by atoms with Gasteiger partial charge in [-0.3, -0.25) is 4.79 Å². The molecule has 6 heteroatoms. The lowest BCUT2D eigenvalue weighted by Crippen LogP contribution is -2.55. The summed E-state index contributed by atoms with van der Waals surface area (Å²) in [4.78, 5) is 23.6. The van der Waals surface area contributed by atoms with Crippen molar-refractivity contribution in [1.29, 1.82) is 0 Å². The average Bonchev–Trinajstić information content (AvgIpc) is 2.43. The summed E-state index contributed by atoms with van der Waals surface area (Å²) >= 11 is 11.7. The first-order valence-electron chi connectivity index (χ1n) is 6.91. The molecule has 0 bridgehead atoms. The van der Waals surface area contributed by atoms with Crippen molar-refractivity contribution in [2.45, 2.75) is 44.1 Å². The Morgan fingerprint density at radius 2 is 1.81 bits per heavy atom. The third-order valence-electron chi connectivity index (χ3n) is 3.84. The van der Waals surface area contributed by atoms with Crippen molar-refractivity contribution < 1.29 is 14.7 Å². The number of hydrogen-bond donors (Lipinski definition) is 2. The molecule has 0 unspecified atom stereocenters. The van der Waals surface area contributed by atoms with E-state index in [9.17, 15) is 14.7 Å². The summed E-state index contributed by atoms with van der Waals surface area (Å²) in [6.45, 7) is 0. The van der Waals surface area contributed by atoms with E-state index in [-0.39, 0.29) is 12.3 Å². The highest BCUT2D eigenvalue weighted by Crippen LogP contribution is 2.29. The summed E-state index contributed by atoms with van der Waals surface area (Å²) in [6, 6.07) is 4.96. The quantitative estimate of drug-likeness (QED) is 0.889. The lowest BCUT2D eigenvalue weighted by atomic mass is 9.81. The van der Waals surface area contributed by atoms with Gasteiger partial charge in [-0.2, -0.15) is 0 Å². The molecule has 2 rings (SSSR count). The molecule has 0 atom stereocenters. The monoisotopic (exact) mass is 329 g/mol. The maximum atomic E-state index is 12.1. The molecule has 21 heavy (non-hydrogen) atoms. The van der Waals surface area contributed by atoms with E-state index in [1.54, 1.807) is 18.2 Å². The van der Waals surface area contributed by atoms with Crippen LogP contribution in [0.1, 0.15) is 37.7 Å². The number of carboxylic acid groups (broad SMARTS) is 1. The smallest absolute Gasteiger partial charge is 0.329 e. The summed E-state index contributed by atoms with van der Waals surface area (Å²) < 4.78 is 0.